The third kappa shape index (κ3) is 8.60. The molecule has 46 heavy (non-hydrogen) atoms. The summed E-state index contributed by atoms with van der Waals surface area (Å²) in [4.78, 5) is 22.3. The predicted octanol–water partition coefficient (Wildman–Crippen LogP) is 7.19. The Morgan fingerprint density at radius 1 is 1.20 bits per heavy atom. The number of nitrogens with zero attached hydrogens (tertiary/aromatic N) is 4. The van der Waals surface area contributed by atoms with Gasteiger partial charge in [0.1, 0.15) is 16.0 Å². The monoisotopic (exact) mass is 679 g/mol. The standard InChI is InChI=1S/C32H41ClF3N7O2S/c1-4-46(27-10-5-9-24(39-27)37-17-6-8-22-20-30(2,3)38-21-22)42-29(44)23-11-12-25(40-28(23)33)43-18-13-26(41-43)45-19-7-14-31(15-16-31)32(34,35)36/h4-5,9-13,18,22,38H,6-8,14-17,19-21H2,1-3H3,(H,37,39)(H,42,44)/t22-,46?/m0/s1. The van der Waals surface area contributed by atoms with Crippen LogP contribution in [0.1, 0.15) is 76.1 Å². The zero-order valence-electron chi connectivity index (χ0n) is 26.3. The van der Waals surface area contributed by atoms with Crippen LogP contribution in [0.3, 0.4) is 0 Å². The first-order chi connectivity index (χ1) is 21.9. The number of alkyl halides is 3. The molecule has 1 aliphatic heterocycles. The number of pyridine rings is 2. The molecule has 1 unspecified atom stereocenters. The Labute approximate surface area is 275 Å². The van der Waals surface area contributed by atoms with E-state index >= 15 is 0 Å². The van der Waals surface area contributed by atoms with E-state index in [-0.39, 0.29) is 54.4 Å². The molecule has 0 aromatic carbocycles. The van der Waals surface area contributed by atoms with Crippen LogP contribution < -0.4 is 20.1 Å². The SMILES string of the molecule is C/C=S(/NC(=O)c1ccc(-n2ccc(OCCCC3(C(F)(F)F)CC3)n2)nc1Cl)c1cccc(NCCC[C@@H]2CNC(C)(C)C2)n1. The van der Waals surface area contributed by atoms with Gasteiger partial charge >= 0.3 is 6.18 Å². The van der Waals surface area contributed by atoms with E-state index in [1.807, 2.05) is 30.5 Å². The van der Waals surface area contributed by atoms with E-state index < -0.39 is 28.2 Å². The third-order valence-corrected chi connectivity index (χ3v) is 10.4. The number of anilines is 1. The molecule has 3 aromatic heterocycles. The summed E-state index contributed by atoms with van der Waals surface area (Å²) < 4.78 is 49.3. The number of hydrogen-bond acceptors (Lipinski definition) is 7. The van der Waals surface area contributed by atoms with Crippen LogP contribution in [0.2, 0.25) is 5.15 Å². The second-order valence-corrected chi connectivity index (χ2v) is 14.7. The van der Waals surface area contributed by atoms with E-state index in [0.29, 0.717) is 11.7 Å². The van der Waals surface area contributed by atoms with E-state index in [0.717, 1.165) is 36.8 Å². The summed E-state index contributed by atoms with van der Waals surface area (Å²) >= 11 is 6.43. The molecule has 250 valence electrons. The topological polar surface area (TPSA) is 106 Å². The molecule has 5 rings (SSSR count). The smallest absolute Gasteiger partial charge is 0.394 e. The van der Waals surface area contributed by atoms with E-state index in [9.17, 15) is 18.0 Å². The van der Waals surface area contributed by atoms with Crippen molar-refractivity contribution in [2.45, 2.75) is 82.5 Å². The summed E-state index contributed by atoms with van der Waals surface area (Å²) in [6, 6.07) is 10.5. The molecule has 1 aliphatic carbocycles. The minimum atomic E-state index is -4.16. The Morgan fingerprint density at radius 2 is 2.00 bits per heavy atom. The molecular formula is C32H41ClF3N7O2S. The highest BCUT2D eigenvalue weighted by molar-refractivity contribution is 8.13. The number of rotatable bonds is 14. The lowest BCUT2D eigenvalue weighted by Gasteiger charge is -2.18. The lowest BCUT2D eigenvalue weighted by atomic mass is 9.94. The maximum absolute atomic E-state index is 13.2. The van der Waals surface area contributed by atoms with Crippen molar-refractivity contribution in [1.29, 1.82) is 0 Å². The molecule has 9 nitrogen and oxygen atoms in total. The fourth-order valence-electron chi connectivity index (χ4n) is 5.77. The summed E-state index contributed by atoms with van der Waals surface area (Å²) in [7, 11) is -0.778. The number of nitrogens with one attached hydrogen (secondary N) is 3. The van der Waals surface area contributed by atoms with Gasteiger partial charge in [-0.05, 0) is 118 Å². The highest BCUT2D eigenvalue weighted by Gasteiger charge is 2.62. The summed E-state index contributed by atoms with van der Waals surface area (Å²) in [6.07, 6.45) is 1.54. The van der Waals surface area contributed by atoms with Crippen molar-refractivity contribution in [3.63, 3.8) is 0 Å². The first-order valence-corrected chi connectivity index (χ1v) is 17.3. The van der Waals surface area contributed by atoms with Gasteiger partial charge in [-0.25, -0.2) is 14.6 Å². The van der Waals surface area contributed by atoms with Gasteiger partial charge in [-0.15, -0.1) is 5.10 Å². The lowest BCUT2D eigenvalue weighted by molar-refractivity contribution is -0.189. The van der Waals surface area contributed by atoms with Gasteiger partial charge in [0.2, 0.25) is 5.88 Å². The quantitative estimate of drug-likeness (QED) is 0.0941. The van der Waals surface area contributed by atoms with Crippen LogP contribution in [0.15, 0.2) is 47.6 Å². The van der Waals surface area contributed by atoms with E-state index in [1.165, 1.54) is 11.1 Å². The minimum Gasteiger partial charge on any atom is -0.477 e. The number of aromatic nitrogens is 4. The van der Waals surface area contributed by atoms with E-state index in [4.69, 9.17) is 21.3 Å². The maximum Gasteiger partial charge on any atom is 0.394 e. The van der Waals surface area contributed by atoms with Crippen LogP contribution in [0.4, 0.5) is 19.0 Å². The molecule has 2 aliphatic rings. The molecular weight excluding hydrogens is 639 g/mol. The van der Waals surface area contributed by atoms with Gasteiger partial charge in [-0.2, -0.15) is 13.2 Å². The molecule has 2 fully saturated rings. The summed E-state index contributed by atoms with van der Waals surface area (Å²) in [5.74, 6) is 1.69. The maximum atomic E-state index is 13.2. The molecule has 14 heteroatoms. The van der Waals surface area contributed by atoms with Crippen LogP contribution >= 0.6 is 22.3 Å². The van der Waals surface area contributed by atoms with E-state index in [2.05, 4.69) is 39.3 Å². The van der Waals surface area contributed by atoms with Gasteiger partial charge in [0.05, 0.1) is 17.6 Å². The number of carbonyl (C=O) groups is 1. The van der Waals surface area contributed by atoms with Crippen molar-refractivity contribution in [2.75, 3.05) is 25.0 Å². The molecule has 0 spiro atoms. The highest BCUT2D eigenvalue weighted by atomic mass is 35.5. The summed E-state index contributed by atoms with van der Waals surface area (Å²) in [5, 5.41) is 13.9. The molecule has 0 bridgehead atoms. The fraction of sp³-hybridized carbons (Fsp3) is 0.531. The van der Waals surface area contributed by atoms with Crippen LogP contribution in [0.5, 0.6) is 5.88 Å². The molecule has 1 saturated carbocycles. The van der Waals surface area contributed by atoms with Crippen molar-refractivity contribution in [3.05, 3.63) is 53.3 Å². The average molecular weight is 680 g/mol. The predicted molar refractivity (Wildman–Crippen MR) is 176 cm³/mol. The molecule has 3 aromatic rings. The van der Waals surface area contributed by atoms with Crippen LogP contribution in [-0.4, -0.2) is 62.4 Å². The molecule has 4 heterocycles. The summed E-state index contributed by atoms with van der Waals surface area (Å²) in [6.45, 7) is 8.38. The number of ether oxygens (including phenoxy) is 1. The van der Waals surface area contributed by atoms with Gasteiger partial charge in [-0.1, -0.05) is 17.7 Å². The van der Waals surface area contributed by atoms with Crippen LogP contribution in [-0.2, 0) is 0 Å². The Kier molecular flexibility index (Phi) is 10.6. The normalized spacial score (nSPS) is 19.2. The lowest BCUT2D eigenvalue weighted by Crippen LogP contribution is -2.31. The van der Waals surface area contributed by atoms with Crippen molar-refractivity contribution in [3.8, 4) is 11.7 Å². The minimum absolute atomic E-state index is 0.00118. The first-order valence-electron chi connectivity index (χ1n) is 15.6. The largest absolute Gasteiger partial charge is 0.477 e. The second-order valence-electron chi connectivity index (χ2n) is 12.6. The molecule has 1 saturated heterocycles. The Balaban J connectivity index is 1.11. The zero-order valence-corrected chi connectivity index (χ0v) is 27.9. The van der Waals surface area contributed by atoms with E-state index in [1.54, 1.807) is 24.4 Å². The van der Waals surface area contributed by atoms with Gasteiger partial charge < -0.3 is 15.4 Å². The molecule has 0 radical (unpaired) electrons. The Hall–Kier alpha value is -3.16. The van der Waals surface area contributed by atoms with Crippen LogP contribution in [0, 0.1) is 11.3 Å². The average Bonchev–Trinajstić information content (AvgIpc) is 3.54. The van der Waals surface area contributed by atoms with Gasteiger partial charge in [0, 0.05) is 24.3 Å². The number of amides is 1. The molecule has 2 atom stereocenters. The van der Waals surface area contributed by atoms with Gasteiger partial charge in [0.25, 0.3) is 5.91 Å². The Morgan fingerprint density at radius 3 is 2.67 bits per heavy atom. The Bertz CT molecular complexity index is 1560. The van der Waals surface area contributed by atoms with Crippen molar-refractivity contribution in [1.82, 2.24) is 29.8 Å². The number of hydrogen-bond donors (Lipinski definition) is 3. The van der Waals surface area contributed by atoms with Crippen LogP contribution in [0.25, 0.3) is 5.82 Å². The van der Waals surface area contributed by atoms with Crippen molar-refractivity contribution in [2.24, 2.45) is 11.3 Å². The first kappa shape index (κ1) is 34.2. The number of carbonyl (C=O) groups excluding carboxylic acids is 1. The van der Waals surface area contributed by atoms with Gasteiger partial charge in [0.15, 0.2) is 5.82 Å². The second kappa shape index (κ2) is 14.3. The van der Waals surface area contributed by atoms with Crippen molar-refractivity contribution >= 4 is 39.4 Å². The molecule has 1 amide bonds. The third-order valence-electron chi connectivity index (χ3n) is 8.53. The van der Waals surface area contributed by atoms with Crippen molar-refractivity contribution < 1.29 is 22.7 Å². The fourth-order valence-corrected chi connectivity index (χ4v) is 7.20. The molecule has 3 N–H and O–H groups in total. The number of halogens is 4. The zero-order chi connectivity index (χ0) is 33.0. The van der Waals surface area contributed by atoms with Gasteiger partial charge in [-0.3, -0.25) is 9.52 Å². The highest BCUT2D eigenvalue weighted by Crippen LogP contribution is 2.60. The summed E-state index contributed by atoms with van der Waals surface area (Å²) in [5.41, 5.74) is -1.12.